The fourth-order valence-electron chi connectivity index (χ4n) is 1.76. The van der Waals surface area contributed by atoms with Gasteiger partial charge in [0.05, 0.1) is 6.10 Å². The molecule has 0 bridgehead atoms. The van der Waals surface area contributed by atoms with E-state index in [0.29, 0.717) is 19.1 Å². The highest BCUT2D eigenvalue weighted by atomic mass is 16.5. The predicted molar refractivity (Wildman–Crippen MR) is 59.5 cm³/mol. The van der Waals surface area contributed by atoms with E-state index < -0.39 is 0 Å². The second-order valence-corrected chi connectivity index (χ2v) is 4.02. The fourth-order valence-corrected chi connectivity index (χ4v) is 1.76. The highest BCUT2D eigenvalue weighted by Crippen LogP contribution is 2.14. The zero-order valence-corrected chi connectivity index (χ0v) is 9.34. The molecule has 1 heterocycles. The van der Waals surface area contributed by atoms with Crippen LogP contribution in [0.3, 0.4) is 0 Å². The molecule has 0 aromatic rings. The lowest BCUT2D eigenvalue weighted by molar-refractivity contribution is -0.121. The van der Waals surface area contributed by atoms with E-state index in [1.807, 2.05) is 0 Å². The summed E-state index contributed by atoms with van der Waals surface area (Å²) < 4.78 is 5.47. The van der Waals surface area contributed by atoms with Gasteiger partial charge in [0.25, 0.3) is 0 Å². The van der Waals surface area contributed by atoms with Gasteiger partial charge in [0.1, 0.15) is 0 Å². The van der Waals surface area contributed by atoms with Crippen LogP contribution in [0.4, 0.5) is 0 Å². The summed E-state index contributed by atoms with van der Waals surface area (Å²) in [6.07, 6.45) is 6.04. The summed E-state index contributed by atoms with van der Waals surface area (Å²) in [6, 6.07) is 0. The van der Waals surface area contributed by atoms with Crippen LogP contribution < -0.4 is 11.1 Å². The first-order chi connectivity index (χ1) is 7.33. The number of unbranched alkanes of at least 4 members (excludes halogenated alkanes) is 1. The summed E-state index contributed by atoms with van der Waals surface area (Å²) in [5.41, 5.74) is 5.35. The minimum absolute atomic E-state index is 0.140. The second kappa shape index (κ2) is 7.65. The van der Waals surface area contributed by atoms with Gasteiger partial charge in [-0.2, -0.15) is 0 Å². The van der Waals surface area contributed by atoms with Crippen molar-refractivity contribution in [3.63, 3.8) is 0 Å². The van der Waals surface area contributed by atoms with Crippen molar-refractivity contribution in [2.75, 3.05) is 19.7 Å². The third-order valence-electron chi connectivity index (χ3n) is 2.67. The molecule has 0 radical (unpaired) electrons. The van der Waals surface area contributed by atoms with E-state index in [0.717, 1.165) is 45.3 Å². The van der Waals surface area contributed by atoms with Crippen molar-refractivity contribution in [2.24, 2.45) is 5.73 Å². The number of nitrogens with two attached hydrogens (primary N) is 1. The maximum atomic E-state index is 11.3. The first kappa shape index (κ1) is 12.5. The quantitative estimate of drug-likeness (QED) is 0.616. The van der Waals surface area contributed by atoms with E-state index >= 15 is 0 Å². The van der Waals surface area contributed by atoms with E-state index in [-0.39, 0.29) is 5.91 Å². The molecular formula is C11H22N2O2. The van der Waals surface area contributed by atoms with Gasteiger partial charge in [-0.1, -0.05) is 0 Å². The summed E-state index contributed by atoms with van der Waals surface area (Å²) in [6.45, 7) is 2.30. The average Bonchev–Trinajstić information content (AvgIpc) is 2.71. The molecule has 4 nitrogen and oxygen atoms in total. The van der Waals surface area contributed by atoms with Gasteiger partial charge >= 0.3 is 0 Å². The van der Waals surface area contributed by atoms with Crippen molar-refractivity contribution in [1.29, 1.82) is 0 Å². The highest BCUT2D eigenvalue weighted by Gasteiger charge is 2.14. The minimum Gasteiger partial charge on any atom is -0.378 e. The highest BCUT2D eigenvalue weighted by molar-refractivity contribution is 5.75. The number of carbonyl (C=O) groups is 1. The van der Waals surface area contributed by atoms with Gasteiger partial charge < -0.3 is 15.8 Å². The smallest absolute Gasteiger partial charge is 0.219 e. The molecule has 88 valence electrons. The van der Waals surface area contributed by atoms with Gasteiger partial charge in [0, 0.05) is 19.6 Å². The third kappa shape index (κ3) is 5.74. The molecule has 0 spiro atoms. The van der Waals surface area contributed by atoms with Crippen molar-refractivity contribution in [1.82, 2.24) is 5.32 Å². The minimum atomic E-state index is 0.140. The summed E-state index contributed by atoms with van der Waals surface area (Å²) in [5, 5.41) is 2.91. The van der Waals surface area contributed by atoms with Gasteiger partial charge in [-0.3, -0.25) is 4.79 Å². The standard InChI is InChI=1S/C11H22N2O2/c12-7-2-1-5-11(14)13-8-6-10-4-3-9-15-10/h10H,1-9,12H2,(H,13,14). The zero-order chi connectivity index (χ0) is 10.9. The number of hydrogen-bond donors (Lipinski definition) is 2. The Hall–Kier alpha value is -0.610. The maximum Gasteiger partial charge on any atom is 0.219 e. The Labute approximate surface area is 91.5 Å². The number of rotatable bonds is 7. The van der Waals surface area contributed by atoms with E-state index in [1.165, 1.54) is 0 Å². The van der Waals surface area contributed by atoms with Crippen LogP contribution in [-0.4, -0.2) is 31.7 Å². The van der Waals surface area contributed by atoms with E-state index in [4.69, 9.17) is 10.5 Å². The molecule has 1 fully saturated rings. The number of ether oxygens (including phenoxy) is 1. The van der Waals surface area contributed by atoms with Crippen LogP contribution in [0.25, 0.3) is 0 Å². The summed E-state index contributed by atoms with van der Waals surface area (Å²) in [4.78, 5) is 11.3. The Balaban J connectivity index is 1.91. The molecular weight excluding hydrogens is 192 g/mol. The van der Waals surface area contributed by atoms with Crippen LogP contribution in [-0.2, 0) is 9.53 Å². The first-order valence-electron chi connectivity index (χ1n) is 5.91. The molecule has 1 atom stereocenters. The molecule has 0 aromatic heterocycles. The number of nitrogens with one attached hydrogen (secondary N) is 1. The van der Waals surface area contributed by atoms with Gasteiger partial charge in [-0.05, 0) is 38.6 Å². The Morgan fingerprint density at radius 3 is 3.00 bits per heavy atom. The Bertz CT molecular complexity index is 179. The van der Waals surface area contributed by atoms with Crippen molar-refractivity contribution < 1.29 is 9.53 Å². The van der Waals surface area contributed by atoms with Crippen LogP contribution in [0.5, 0.6) is 0 Å². The molecule has 15 heavy (non-hydrogen) atoms. The van der Waals surface area contributed by atoms with Crippen molar-refractivity contribution in [3.05, 3.63) is 0 Å². The summed E-state index contributed by atoms with van der Waals surface area (Å²) >= 11 is 0. The zero-order valence-electron chi connectivity index (χ0n) is 9.34. The number of amides is 1. The van der Waals surface area contributed by atoms with E-state index in [9.17, 15) is 4.79 Å². The van der Waals surface area contributed by atoms with Gasteiger partial charge in [0.15, 0.2) is 0 Å². The molecule has 0 aliphatic carbocycles. The molecule has 1 saturated heterocycles. The normalized spacial score (nSPS) is 20.5. The molecule has 1 rings (SSSR count). The van der Waals surface area contributed by atoms with Crippen molar-refractivity contribution in [3.8, 4) is 0 Å². The SMILES string of the molecule is NCCCCC(=O)NCCC1CCCO1. The Kier molecular flexibility index (Phi) is 6.36. The van der Waals surface area contributed by atoms with Crippen molar-refractivity contribution >= 4 is 5.91 Å². The fraction of sp³-hybridized carbons (Fsp3) is 0.909. The van der Waals surface area contributed by atoms with Crippen LogP contribution in [0.1, 0.15) is 38.5 Å². The van der Waals surface area contributed by atoms with Crippen LogP contribution in [0, 0.1) is 0 Å². The molecule has 1 amide bonds. The lowest BCUT2D eigenvalue weighted by Gasteiger charge is -2.09. The topological polar surface area (TPSA) is 64.4 Å². The first-order valence-corrected chi connectivity index (χ1v) is 5.91. The number of carbonyl (C=O) groups excluding carboxylic acids is 1. The van der Waals surface area contributed by atoms with Crippen LogP contribution >= 0.6 is 0 Å². The molecule has 1 unspecified atom stereocenters. The Morgan fingerprint density at radius 2 is 2.33 bits per heavy atom. The van der Waals surface area contributed by atoms with Gasteiger partial charge in [0.2, 0.25) is 5.91 Å². The molecule has 0 aromatic carbocycles. The van der Waals surface area contributed by atoms with Gasteiger partial charge in [-0.15, -0.1) is 0 Å². The number of hydrogen-bond acceptors (Lipinski definition) is 3. The molecule has 1 aliphatic heterocycles. The third-order valence-corrected chi connectivity index (χ3v) is 2.67. The summed E-state index contributed by atoms with van der Waals surface area (Å²) in [5.74, 6) is 0.140. The Morgan fingerprint density at radius 1 is 1.47 bits per heavy atom. The monoisotopic (exact) mass is 214 g/mol. The van der Waals surface area contributed by atoms with E-state index in [1.54, 1.807) is 0 Å². The average molecular weight is 214 g/mol. The lowest BCUT2D eigenvalue weighted by Crippen LogP contribution is -2.26. The maximum absolute atomic E-state index is 11.3. The lowest BCUT2D eigenvalue weighted by atomic mass is 10.2. The molecule has 3 N–H and O–H groups in total. The predicted octanol–water partition coefficient (Wildman–Crippen LogP) is 0.801. The van der Waals surface area contributed by atoms with Crippen LogP contribution in [0.15, 0.2) is 0 Å². The molecule has 4 heteroatoms. The van der Waals surface area contributed by atoms with E-state index in [2.05, 4.69) is 5.32 Å². The summed E-state index contributed by atoms with van der Waals surface area (Å²) in [7, 11) is 0. The molecule has 0 saturated carbocycles. The molecule has 1 aliphatic rings. The van der Waals surface area contributed by atoms with Crippen LogP contribution in [0.2, 0.25) is 0 Å². The van der Waals surface area contributed by atoms with Crippen molar-refractivity contribution in [2.45, 2.75) is 44.6 Å². The second-order valence-electron chi connectivity index (χ2n) is 4.02. The van der Waals surface area contributed by atoms with Gasteiger partial charge in [-0.25, -0.2) is 0 Å². The largest absolute Gasteiger partial charge is 0.378 e.